The van der Waals surface area contributed by atoms with Crippen molar-refractivity contribution in [2.24, 2.45) is 17.3 Å². The molecule has 3 nitrogen and oxygen atoms in total. The Balaban J connectivity index is 2.37. The van der Waals surface area contributed by atoms with Gasteiger partial charge in [0.15, 0.2) is 0 Å². The number of carbonyl (C=O) groups excluding carboxylic acids is 1. The van der Waals surface area contributed by atoms with E-state index >= 15 is 0 Å². The molecule has 1 saturated carbocycles. The molecule has 3 heteroatoms. The molecule has 0 aromatic carbocycles. The van der Waals surface area contributed by atoms with Crippen LogP contribution in [0.15, 0.2) is 11.6 Å². The van der Waals surface area contributed by atoms with Crippen molar-refractivity contribution in [3.63, 3.8) is 0 Å². The maximum atomic E-state index is 12.1. The number of hydrogen-bond acceptors (Lipinski definition) is 2. The molecule has 1 N–H and O–H groups in total. The van der Waals surface area contributed by atoms with E-state index in [1.54, 1.807) is 0 Å². The van der Waals surface area contributed by atoms with Crippen LogP contribution < -0.4 is 5.32 Å². The summed E-state index contributed by atoms with van der Waals surface area (Å²) in [5.41, 5.74) is 1.43. The Hall–Kier alpha value is -0.830. The van der Waals surface area contributed by atoms with E-state index in [0.717, 1.165) is 19.5 Å². The Morgan fingerprint density at radius 2 is 1.94 bits per heavy atom. The average Bonchev–Trinajstić information content (AvgIpc) is 2.74. The van der Waals surface area contributed by atoms with Gasteiger partial charge in [-0.1, -0.05) is 25.5 Å². The molecule has 2 atom stereocenters. The molecule has 0 radical (unpaired) electrons. The maximum absolute atomic E-state index is 12.1. The first-order valence-corrected chi connectivity index (χ1v) is 6.84. The van der Waals surface area contributed by atoms with Gasteiger partial charge in [0.25, 0.3) is 0 Å². The Morgan fingerprint density at radius 3 is 2.44 bits per heavy atom. The maximum Gasteiger partial charge on any atom is 0.224 e. The molecule has 1 aliphatic rings. The van der Waals surface area contributed by atoms with Crippen LogP contribution in [0.25, 0.3) is 0 Å². The summed E-state index contributed by atoms with van der Waals surface area (Å²) in [4.78, 5) is 14.2. The smallest absolute Gasteiger partial charge is 0.224 e. The van der Waals surface area contributed by atoms with Crippen molar-refractivity contribution >= 4 is 5.91 Å². The molecule has 0 heterocycles. The summed E-state index contributed by atoms with van der Waals surface area (Å²) >= 11 is 0. The lowest BCUT2D eigenvalue weighted by Gasteiger charge is -2.10. The third-order valence-corrected chi connectivity index (χ3v) is 3.79. The second-order valence-corrected chi connectivity index (χ2v) is 6.52. The third-order valence-electron chi connectivity index (χ3n) is 3.79. The molecule has 0 bridgehead atoms. The summed E-state index contributed by atoms with van der Waals surface area (Å²) in [6, 6.07) is 0. The molecule has 1 aliphatic carbocycles. The standard InChI is InChI=1S/C15H28N2O/c1-11(2)10-12-13(15(12,3)4)14(18)16-8-7-9-17(5)6/h10,12-13H,7-9H2,1-6H3,(H,16,18). The molecule has 0 aromatic rings. The molecule has 0 aromatic heterocycles. The van der Waals surface area contributed by atoms with Crippen molar-refractivity contribution in [3.05, 3.63) is 11.6 Å². The van der Waals surface area contributed by atoms with Gasteiger partial charge in [-0.3, -0.25) is 4.79 Å². The van der Waals surface area contributed by atoms with Gasteiger partial charge in [-0.05, 0) is 52.2 Å². The summed E-state index contributed by atoms with van der Waals surface area (Å²) in [5, 5.41) is 3.06. The summed E-state index contributed by atoms with van der Waals surface area (Å²) in [6.07, 6.45) is 3.25. The Kier molecular flexibility index (Phi) is 4.97. The van der Waals surface area contributed by atoms with Crippen LogP contribution in [0, 0.1) is 17.3 Å². The van der Waals surface area contributed by atoms with Crippen LogP contribution in [-0.2, 0) is 4.79 Å². The van der Waals surface area contributed by atoms with Crippen molar-refractivity contribution < 1.29 is 4.79 Å². The highest BCUT2D eigenvalue weighted by atomic mass is 16.2. The van der Waals surface area contributed by atoms with Crippen LogP contribution in [0.5, 0.6) is 0 Å². The first-order valence-electron chi connectivity index (χ1n) is 6.84. The fourth-order valence-corrected chi connectivity index (χ4v) is 2.57. The lowest BCUT2D eigenvalue weighted by atomic mass is 10.1. The van der Waals surface area contributed by atoms with Gasteiger partial charge in [0, 0.05) is 6.54 Å². The van der Waals surface area contributed by atoms with E-state index in [1.165, 1.54) is 5.57 Å². The van der Waals surface area contributed by atoms with E-state index in [-0.39, 0.29) is 17.2 Å². The summed E-state index contributed by atoms with van der Waals surface area (Å²) in [6.45, 7) is 10.4. The van der Waals surface area contributed by atoms with Gasteiger partial charge in [-0.15, -0.1) is 0 Å². The van der Waals surface area contributed by atoms with Gasteiger partial charge >= 0.3 is 0 Å². The van der Waals surface area contributed by atoms with E-state index < -0.39 is 0 Å². The van der Waals surface area contributed by atoms with Crippen LogP contribution in [0.3, 0.4) is 0 Å². The number of amides is 1. The van der Waals surface area contributed by atoms with Crippen LogP contribution in [0.4, 0.5) is 0 Å². The molecule has 2 unspecified atom stereocenters. The molecule has 18 heavy (non-hydrogen) atoms. The monoisotopic (exact) mass is 252 g/mol. The molecule has 1 rings (SSSR count). The van der Waals surface area contributed by atoms with E-state index in [0.29, 0.717) is 5.92 Å². The zero-order valence-electron chi connectivity index (χ0n) is 12.7. The predicted octanol–water partition coefficient (Wildman–Crippen LogP) is 2.29. The van der Waals surface area contributed by atoms with E-state index in [2.05, 4.69) is 58.1 Å². The second-order valence-electron chi connectivity index (χ2n) is 6.52. The van der Waals surface area contributed by atoms with Gasteiger partial charge < -0.3 is 10.2 Å². The Morgan fingerprint density at radius 1 is 1.33 bits per heavy atom. The van der Waals surface area contributed by atoms with Crippen molar-refractivity contribution in [2.75, 3.05) is 27.2 Å². The van der Waals surface area contributed by atoms with E-state index in [9.17, 15) is 4.79 Å². The lowest BCUT2D eigenvalue weighted by molar-refractivity contribution is -0.123. The zero-order chi connectivity index (χ0) is 13.9. The molecule has 0 saturated heterocycles. The molecule has 1 amide bonds. The van der Waals surface area contributed by atoms with Crippen LogP contribution in [-0.4, -0.2) is 38.0 Å². The van der Waals surface area contributed by atoms with Gasteiger partial charge in [0.05, 0.1) is 5.92 Å². The number of carbonyl (C=O) groups is 1. The normalized spacial score (nSPS) is 24.8. The minimum Gasteiger partial charge on any atom is -0.356 e. The number of allylic oxidation sites excluding steroid dienone is 2. The Labute approximate surface area is 112 Å². The van der Waals surface area contributed by atoms with Gasteiger partial charge in [-0.2, -0.15) is 0 Å². The van der Waals surface area contributed by atoms with Gasteiger partial charge in [0.2, 0.25) is 5.91 Å². The second kappa shape index (κ2) is 5.87. The zero-order valence-corrected chi connectivity index (χ0v) is 12.7. The molecule has 0 spiro atoms. The highest BCUT2D eigenvalue weighted by Gasteiger charge is 2.60. The largest absolute Gasteiger partial charge is 0.356 e. The van der Waals surface area contributed by atoms with Gasteiger partial charge in [0.1, 0.15) is 0 Å². The number of rotatable bonds is 6. The first kappa shape index (κ1) is 15.2. The van der Waals surface area contributed by atoms with E-state index in [1.807, 2.05) is 0 Å². The quantitative estimate of drug-likeness (QED) is 0.581. The highest BCUT2D eigenvalue weighted by Crippen LogP contribution is 2.59. The number of hydrogen-bond donors (Lipinski definition) is 1. The van der Waals surface area contributed by atoms with Gasteiger partial charge in [-0.25, -0.2) is 0 Å². The van der Waals surface area contributed by atoms with Crippen molar-refractivity contribution in [2.45, 2.75) is 34.1 Å². The summed E-state index contributed by atoms with van der Waals surface area (Å²) < 4.78 is 0. The fourth-order valence-electron chi connectivity index (χ4n) is 2.57. The molecule has 0 aliphatic heterocycles. The molecule has 1 fully saturated rings. The average molecular weight is 252 g/mol. The minimum absolute atomic E-state index is 0.128. The number of nitrogens with one attached hydrogen (secondary N) is 1. The fraction of sp³-hybridized carbons (Fsp3) is 0.800. The Bertz CT molecular complexity index is 327. The molecule has 104 valence electrons. The van der Waals surface area contributed by atoms with E-state index in [4.69, 9.17) is 0 Å². The minimum atomic E-state index is 0.128. The molecular formula is C15H28N2O. The SMILES string of the molecule is CC(C)=CC1C(C(=O)NCCCN(C)C)C1(C)C. The van der Waals surface area contributed by atoms with Crippen LogP contribution in [0.1, 0.15) is 34.1 Å². The van der Waals surface area contributed by atoms with Crippen molar-refractivity contribution in [1.82, 2.24) is 10.2 Å². The number of nitrogens with zero attached hydrogens (tertiary/aromatic N) is 1. The van der Waals surface area contributed by atoms with Crippen molar-refractivity contribution in [1.29, 1.82) is 0 Å². The topological polar surface area (TPSA) is 32.3 Å². The first-order chi connectivity index (χ1) is 8.26. The van der Waals surface area contributed by atoms with Crippen LogP contribution in [0.2, 0.25) is 0 Å². The lowest BCUT2D eigenvalue weighted by Crippen LogP contribution is -2.29. The summed E-state index contributed by atoms with van der Waals surface area (Å²) in [5.74, 6) is 0.796. The predicted molar refractivity (Wildman–Crippen MR) is 76.4 cm³/mol. The van der Waals surface area contributed by atoms with Crippen molar-refractivity contribution in [3.8, 4) is 0 Å². The molecular weight excluding hydrogens is 224 g/mol. The summed E-state index contributed by atoms with van der Waals surface area (Å²) in [7, 11) is 4.10. The third kappa shape index (κ3) is 3.84. The van der Waals surface area contributed by atoms with Crippen LogP contribution >= 0.6 is 0 Å². The highest BCUT2D eigenvalue weighted by molar-refractivity contribution is 5.83.